The highest BCUT2D eigenvalue weighted by Crippen LogP contribution is 2.56. The number of nitrogens with zero attached hydrogens (tertiary/aromatic N) is 1. The Morgan fingerprint density at radius 3 is 2.53 bits per heavy atom. The summed E-state index contributed by atoms with van der Waals surface area (Å²) in [6.07, 6.45) is 3.84. The number of imide groups is 1. The first kappa shape index (κ1) is 18.8. The number of para-hydroxylation sites is 2. The van der Waals surface area contributed by atoms with E-state index < -0.39 is 0 Å². The van der Waals surface area contributed by atoms with Crippen LogP contribution in [-0.4, -0.2) is 17.7 Å². The summed E-state index contributed by atoms with van der Waals surface area (Å²) in [5, 5.41) is 2.96. The van der Waals surface area contributed by atoms with Gasteiger partial charge in [-0.05, 0) is 55.4 Å². The smallest absolute Gasteiger partial charge is 0.257 e. The molecule has 4 atom stereocenters. The number of benzene rings is 2. The number of hydrogen-bond donors (Lipinski definition) is 1. The Balaban J connectivity index is 1.48. The molecule has 3 amide bonds. The molecule has 5 heteroatoms. The van der Waals surface area contributed by atoms with E-state index in [0.29, 0.717) is 11.3 Å². The van der Waals surface area contributed by atoms with E-state index in [9.17, 15) is 14.4 Å². The molecule has 2 fully saturated rings. The van der Waals surface area contributed by atoms with Gasteiger partial charge in [-0.15, -0.1) is 0 Å². The van der Waals surface area contributed by atoms with Crippen molar-refractivity contribution in [3.05, 3.63) is 71.3 Å². The van der Waals surface area contributed by atoms with Crippen molar-refractivity contribution >= 4 is 29.1 Å². The van der Waals surface area contributed by atoms with Crippen molar-refractivity contribution in [2.24, 2.45) is 23.7 Å². The van der Waals surface area contributed by atoms with Crippen LogP contribution in [0.3, 0.4) is 0 Å². The second-order valence-corrected chi connectivity index (χ2v) is 8.46. The van der Waals surface area contributed by atoms with Gasteiger partial charge in [0.15, 0.2) is 0 Å². The Morgan fingerprint density at radius 1 is 1.03 bits per heavy atom. The van der Waals surface area contributed by atoms with Crippen LogP contribution in [0.2, 0.25) is 0 Å². The molecule has 0 unspecified atom stereocenters. The molecule has 5 rings (SSSR count). The Morgan fingerprint density at radius 2 is 1.73 bits per heavy atom. The predicted molar refractivity (Wildman–Crippen MR) is 115 cm³/mol. The highest BCUT2D eigenvalue weighted by atomic mass is 16.2. The maximum absolute atomic E-state index is 13.3. The lowest BCUT2D eigenvalue weighted by Crippen LogP contribution is -2.34. The number of aryl methyl sites for hydroxylation is 1. The van der Waals surface area contributed by atoms with Crippen LogP contribution in [0, 0.1) is 23.7 Å². The Labute approximate surface area is 175 Å². The molecule has 5 nitrogen and oxygen atoms in total. The molecule has 2 aromatic rings. The lowest BCUT2D eigenvalue weighted by molar-refractivity contribution is -0.123. The summed E-state index contributed by atoms with van der Waals surface area (Å²) in [5.74, 6) is -0.943. The van der Waals surface area contributed by atoms with Crippen LogP contribution in [0.4, 0.5) is 11.4 Å². The molecule has 1 heterocycles. The van der Waals surface area contributed by atoms with Crippen molar-refractivity contribution in [2.45, 2.75) is 26.7 Å². The number of carbonyl (C=O) groups is 3. The topological polar surface area (TPSA) is 66.5 Å². The van der Waals surface area contributed by atoms with E-state index in [1.165, 1.54) is 10.5 Å². The normalized spacial score (nSPS) is 26.7. The molecule has 0 spiro atoms. The number of carbonyl (C=O) groups excluding carboxylic acids is 3. The number of anilines is 2. The van der Waals surface area contributed by atoms with E-state index in [0.717, 1.165) is 24.1 Å². The number of nitrogens with one attached hydrogen (secondary N) is 1. The molecule has 152 valence electrons. The molecule has 30 heavy (non-hydrogen) atoms. The van der Waals surface area contributed by atoms with E-state index in [1.54, 1.807) is 24.3 Å². The molecule has 1 saturated carbocycles. The van der Waals surface area contributed by atoms with Gasteiger partial charge in [-0.2, -0.15) is 0 Å². The lowest BCUT2D eigenvalue weighted by Gasteiger charge is -2.21. The molecule has 0 aromatic heterocycles. The van der Waals surface area contributed by atoms with Gasteiger partial charge in [0.1, 0.15) is 0 Å². The van der Waals surface area contributed by atoms with E-state index in [1.807, 2.05) is 38.1 Å². The van der Waals surface area contributed by atoms with Crippen molar-refractivity contribution in [3.63, 3.8) is 0 Å². The standard InChI is InChI=1S/C25H24N2O3/c1-3-15-8-4-6-10-19(15)26-23(28)17-9-5-7-11-20(17)27-24(29)21-16-12-14(2)18(13-16)22(21)25(27)30/h4-12,16,18,21-22H,3,13H2,1-2H3,(H,26,28)/t16-,18-,21-,22+/m1/s1. The summed E-state index contributed by atoms with van der Waals surface area (Å²) in [5.41, 5.74) is 3.71. The van der Waals surface area contributed by atoms with E-state index in [2.05, 4.69) is 11.4 Å². The summed E-state index contributed by atoms with van der Waals surface area (Å²) in [4.78, 5) is 41.0. The molecule has 0 radical (unpaired) electrons. The number of fused-ring (bicyclic) bond motifs is 5. The minimum absolute atomic E-state index is 0.138. The monoisotopic (exact) mass is 400 g/mol. The molecule has 3 aliphatic rings. The maximum atomic E-state index is 13.3. The fourth-order valence-electron chi connectivity index (χ4n) is 5.51. The Hall–Kier alpha value is -3.21. The summed E-state index contributed by atoms with van der Waals surface area (Å²) in [7, 11) is 0. The van der Waals surface area contributed by atoms with Gasteiger partial charge in [-0.3, -0.25) is 14.4 Å². The predicted octanol–water partition coefficient (Wildman–Crippen LogP) is 4.20. The number of rotatable bonds is 4. The van der Waals surface area contributed by atoms with Crippen LogP contribution in [0.1, 0.15) is 36.2 Å². The van der Waals surface area contributed by atoms with Crippen LogP contribution in [-0.2, 0) is 16.0 Å². The highest BCUT2D eigenvalue weighted by molar-refractivity contribution is 6.25. The second-order valence-electron chi connectivity index (χ2n) is 8.46. The van der Waals surface area contributed by atoms with Crippen molar-refractivity contribution < 1.29 is 14.4 Å². The van der Waals surface area contributed by atoms with Crippen LogP contribution in [0.25, 0.3) is 0 Å². The first-order chi connectivity index (χ1) is 14.5. The number of allylic oxidation sites excluding steroid dienone is 2. The van der Waals surface area contributed by atoms with E-state index in [-0.39, 0.29) is 41.4 Å². The number of amides is 3. The Kier molecular flexibility index (Phi) is 4.35. The molecule has 2 aliphatic carbocycles. The van der Waals surface area contributed by atoms with Gasteiger partial charge in [0.2, 0.25) is 11.8 Å². The average Bonchev–Trinajstić information content (AvgIpc) is 3.39. The average molecular weight is 400 g/mol. The molecular formula is C25H24N2O3. The van der Waals surface area contributed by atoms with Gasteiger partial charge in [0, 0.05) is 5.69 Å². The summed E-state index contributed by atoms with van der Waals surface area (Å²) >= 11 is 0. The van der Waals surface area contributed by atoms with Gasteiger partial charge in [-0.1, -0.05) is 48.9 Å². The molecular weight excluding hydrogens is 376 g/mol. The van der Waals surface area contributed by atoms with Crippen molar-refractivity contribution in [2.75, 3.05) is 10.2 Å². The van der Waals surface area contributed by atoms with Crippen LogP contribution in [0.5, 0.6) is 0 Å². The van der Waals surface area contributed by atoms with Gasteiger partial charge >= 0.3 is 0 Å². The van der Waals surface area contributed by atoms with Gasteiger partial charge < -0.3 is 5.32 Å². The quantitative estimate of drug-likeness (QED) is 0.618. The molecule has 1 aliphatic heterocycles. The largest absolute Gasteiger partial charge is 0.322 e. The fraction of sp³-hybridized carbons (Fsp3) is 0.320. The summed E-state index contributed by atoms with van der Waals surface area (Å²) in [6, 6.07) is 14.5. The third-order valence-corrected chi connectivity index (χ3v) is 6.92. The zero-order chi connectivity index (χ0) is 21.0. The van der Waals surface area contributed by atoms with Crippen molar-refractivity contribution in [3.8, 4) is 0 Å². The Bertz CT molecular complexity index is 1100. The van der Waals surface area contributed by atoms with Gasteiger partial charge in [0.05, 0.1) is 23.1 Å². The highest BCUT2D eigenvalue weighted by Gasteiger charge is 2.61. The van der Waals surface area contributed by atoms with Crippen molar-refractivity contribution in [1.29, 1.82) is 0 Å². The molecule has 2 aromatic carbocycles. The summed E-state index contributed by atoms with van der Waals surface area (Å²) in [6.45, 7) is 4.08. The van der Waals surface area contributed by atoms with Crippen molar-refractivity contribution in [1.82, 2.24) is 0 Å². The minimum atomic E-state index is -0.318. The second kappa shape index (κ2) is 6.94. The minimum Gasteiger partial charge on any atom is -0.322 e. The first-order valence-corrected chi connectivity index (χ1v) is 10.6. The van der Waals surface area contributed by atoms with Gasteiger partial charge in [-0.25, -0.2) is 4.90 Å². The zero-order valence-corrected chi connectivity index (χ0v) is 17.1. The summed E-state index contributed by atoms with van der Waals surface area (Å²) < 4.78 is 0. The molecule has 2 bridgehead atoms. The zero-order valence-electron chi connectivity index (χ0n) is 17.1. The number of hydrogen-bond acceptors (Lipinski definition) is 3. The lowest BCUT2D eigenvalue weighted by atomic mass is 9.82. The van der Waals surface area contributed by atoms with Crippen LogP contribution in [0.15, 0.2) is 60.2 Å². The van der Waals surface area contributed by atoms with Gasteiger partial charge in [0.25, 0.3) is 5.91 Å². The maximum Gasteiger partial charge on any atom is 0.257 e. The fourth-order valence-corrected chi connectivity index (χ4v) is 5.51. The van der Waals surface area contributed by atoms with Crippen LogP contribution < -0.4 is 10.2 Å². The third-order valence-electron chi connectivity index (χ3n) is 6.92. The van der Waals surface area contributed by atoms with E-state index >= 15 is 0 Å². The van der Waals surface area contributed by atoms with Crippen LogP contribution >= 0.6 is 0 Å². The first-order valence-electron chi connectivity index (χ1n) is 10.6. The molecule has 1 N–H and O–H groups in total. The third kappa shape index (κ3) is 2.65. The van der Waals surface area contributed by atoms with E-state index in [4.69, 9.17) is 0 Å². The molecule has 1 saturated heterocycles. The SMILES string of the molecule is CCc1ccccc1NC(=O)c1ccccc1N1C(=O)[C@@H]2[C@H](C1=O)[C@@H]1C=C(C)[C@H]2C1.